The van der Waals surface area contributed by atoms with E-state index in [-0.39, 0.29) is 13.2 Å². The molecule has 0 aliphatic carbocycles. The zero-order valence-electron chi connectivity index (χ0n) is 9.94. The van der Waals surface area contributed by atoms with Gasteiger partial charge in [-0.2, -0.15) is 11.8 Å². The van der Waals surface area contributed by atoms with Crippen LogP contribution in [0.5, 0.6) is 0 Å². The van der Waals surface area contributed by atoms with Crippen LogP contribution in [0.3, 0.4) is 0 Å². The molecule has 0 radical (unpaired) electrons. The van der Waals surface area contributed by atoms with Gasteiger partial charge in [0.15, 0.2) is 0 Å². The Bertz CT molecular complexity index is 321. The zero-order valence-corrected chi connectivity index (χ0v) is 10.8. The average Bonchev–Trinajstić information content (AvgIpc) is 2.33. The number of hydrogen-bond donors (Lipinski definition) is 2. The first kappa shape index (κ1) is 13.6. The SMILES string of the molecule is CSCCC(CO)(CO)c1ccccc1C. The van der Waals surface area contributed by atoms with Crippen molar-refractivity contribution in [3.8, 4) is 0 Å². The van der Waals surface area contributed by atoms with Crippen LogP contribution in [0.1, 0.15) is 17.5 Å². The van der Waals surface area contributed by atoms with Crippen molar-refractivity contribution in [3.63, 3.8) is 0 Å². The molecule has 0 saturated carbocycles. The lowest BCUT2D eigenvalue weighted by atomic mass is 9.77. The third-order valence-corrected chi connectivity index (χ3v) is 3.72. The minimum absolute atomic E-state index is 0.00505. The molecule has 0 fully saturated rings. The molecule has 0 bridgehead atoms. The summed E-state index contributed by atoms with van der Waals surface area (Å²) in [5, 5.41) is 19.2. The van der Waals surface area contributed by atoms with E-state index < -0.39 is 5.41 Å². The van der Waals surface area contributed by atoms with Gasteiger partial charge in [-0.15, -0.1) is 0 Å². The molecule has 1 aromatic rings. The van der Waals surface area contributed by atoms with Gasteiger partial charge in [-0.05, 0) is 36.5 Å². The smallest absolute Gasteiger partial charge is 0.0550 e. The highest BCUT2D eigenvalue weighted by molar-refractivity contribution is 7.98. The third-order valence-electron chi connectivity index (χ3n) is 3.11. The van der Waals surface area contributed by atoms with Crippen molar-refractivity contribution < 1.29 is 10.2 Å². The van der Waals surface area contributed by atoms with Gasteiger partial charge >= 0.3 is 0 Å². The standard InChI is InChI=1S/C13H20O2S/c1-11-5-3-4-6-12(11)13(9-14,10-15)7-8-16-2/h3-6,14-15H,7-10H2,1-2H3. The van der Waals surface area contributed by atoms with Gasteiger partial charge in [0, 0.05) is 5.41 Å². The molecule has 0 spiro atoms. The maximum absolute atomic E-state index is 9.61. The van der Waals surface area contributed by atoms with Crippen molar-refractivity contribution in [1.82, 2.24) is 0 Å². The maximum atomic E-state index is 9.61. The molecular formula is C13H20O2S. The molecule has 0 aromatic heterocycles. The van der Waals surface area contributed by atoms with Gasteiger partial charge in [0.2, 0.25) is 0 Å². The molecule has 0 aliphatic heterocycles. The van der Waals surface area contributed by atoms with Crippen LogP contribution >= 0.6 is 11.8 Å². The van der Waals surface area contributed by atoms with E-state index in [9.17, 15) is 10.2 Å². The lowest BCUT2D eigenvalue weighted by Gasteiger charge is -2.31. The first-order valence-corrected chi connectivity index (χ1v) is 6.86. The first-order chi connectivity index (χ1) is 7.70. The summed E-state index contributed by atoms with van der Waals surface area (Å²) >= 11 is 1.74. The lowest BCUT2D eigenvalue weighted by Crippen LogP contribution is -2.36. The van der Waals surface area contributed by atoms with Crippen LogP contribution in [0.25, 0.3) is 0 Å². The Balaban J connectivity index is 3.05. The van der Waals surface area contributed by atoms with Crippen molar-refractivity contribution in [3.05, 3.63) is 35.4 Å². The van der Waals surface area contributed by atoms with Gasteiger partial charge in [0.1, 0.15) is 0 Å². The molecular weight excluding hydrogens is 220 g/mol. The number of thioether (sulfide) groups is 1. The van der Waals surface area contributed by atoms with E-state index in [1.165, 1.54) is 0 Å². The maximum Gasteiger partial charge on any atom is 0.0550 e. The summed E-state index contributed by atoms with van der Waals surface area (Å²) in [6.07, 6.45) is 2.84. The van der Waals surface area contributed by atoms with Gasteiger partial charge in [-0.25, -0.2) is 0 Å². The Hall–Kier alpha value is -0.510. The summed E-state index contributed by atoms with van der Waals surface area (Å²) in [6, 6.07) is 7.96. The van der Waals surface area contributed by atoms with Crippen LogP contribution in [0.4, 0.5) is 0 Å². The molecule has 0 atom stereocenters. The molecule has 0 aliphatic rings. The average molecular weight is 240 g/mol. The quantitative estimate of drug-likeness (QED) is 0.798. The molecule has 2 nitrogen and oxygen atoms in total. The summed E-state index contributed by atoms with van der Waals surface area (Å²) < 4.78 is 0. The number of benzene rings is 1. The lowest BCUT2D eigenvalue weighted by molar-refractivity contribution is 0.113. The Morgan fingerprint density at radius 3 is 2.31 bits per heavy atom. The highest BCUT2D eigenvalue weighted by Crippen LogP contribution is 2.30. The molecule has 16 heavy (non-hydrogen) atoms. The molecule has 0 amide bonds. The van der Waals surface area contributed by atoms with Gasteiger partial charge in [-0.3, -0.25) is 0 Å². The van der Waals surface area contributed by atoms with Crippen LogP contribution in [0.15, 0.2) is 24.3 Å². The second-order valence-electron chi connectivity index (χ2n) is 4.15. The molecule has 1 aromatic carbocycles. The number of aliphatic hydroxyl groups is 2. The first-order valence-electron chi connectivity index (χ1n) is 5.47. The van der Waals surface area contributed by atoms with E-state index in [4.69, 9.17) is 0 Å². The van der Waals surface area contributed by atoms with Gasteiger partial charge in [-0.1, -0.05) is 24.3 Å². The van der Waals surface area contributed by atoms with Crippen molar-refractivity contribution in [1.29, 1.82) is 0 Å². The largest absolute Gasteiger partial charge is 0.395 e. The van der Waals surface area contributed by atoms with Crippen LogP contribution in [-0.4, -0.2) is 35.4 Å². The Labute approximate surface area is 102 Å². The minimum Gasteiger partial charge on any atom is -0.395 e. The fourth-order valence-corrected chi connectivity index (χ4v) is 2.57. The second-order valence-corrected chi connectivity index (χ2v) is 5.14. The van der Waals surface area contributed by atoms with E-state index in [1.807, 2.05) is 37.4 Å². The van der Waals surface area contributed by atoms with Crippen molar-refractivity contribution in [2.45, 2.75) is 18.8 Å². The molecule has 90 valence electrons. The van der Waals surface area contributed by atoms with E-state index in [0.29, 0.717) is 0 Å². The van der Waals surface area contributed by atoms with Gasteiger partial charge in [0.05, 0.1) is 13.2 Å². The van der Waals surface area contributed by atoms with Crippen molar-refractivity contribution in [2.24, 2.45) is 0 Å². The third kappa shape index (κ3) is 2.78. The summed E-state index contributed by atoms with van der Waals surface area (Å²) in [7, 11) is 0. The van der Waals surface area contributed by atoms with E-state index >= 15 is 0 Å². The Morgan fingerprint density at radius 1 is 1.19 bits per heavy atom. The summed E-state index contributed by atoms with van der Waals surface area (Å²) in [6.45, 7) is 2.01. The monoisotopic (exact) mass is 240 g/mol. The molecule has 1 rings (SSSR count). The number of hydrogen-bond acceptors (Lipinski definition) is 3. The summed E-state index contributed by atoms with van der Waals surface area (Å²) in [5.74, 6) is 0.940. The molecule has 0 saturated heterocycles. The fraction of sp³-hybridized carbons (Fsp3) is 0.538. The van der Waals surface area contributed by atoms with Crippen molar-refractivity contribution in [2.75, 3.05) is 25.2 Å². The highest BCUT2D eigenvalue weighted by atomic mass is 32.2. The van der Waals surface area contributed by atoms with E-state index in [1.54, 1.807) is 11.8 Å². The summed E-state index contributed by atoms with van der Waals surface area (Å²) in [4.78, 5) is 0. The van der Waals surface area contributed by atoms with E-state index in [0.717, 1.165) is 23.3 Å². The number of rotatable bonds is 6. The van der Waals surface area contributed by atoms with E-state index in [2.05, 4.69) is 0 Å². The minimum atomic E-state index is -0.492. The van der Waals surface area contributed by atoms with Gasteiger partial charge < -0.3 is 10.2 Å². The Kier molecular flexibility index (Phi) is 5.32. The normalized spacial score (nSPS) is 11.8. The zero-order chi connectivity index (χ0) is 12.0. The highest BCUT2D eigenvalue weighted by Gasteiger charge is 2.31. The molecule has 3 heteroatoms. The van der Waals surface area contributed by atoms with Crippen LogP contribution in [0.2, 0.25) is 0 Å². The predicted molar refractivity (Wildman–Crippen MR) is 70.0 cm³/mol. The van der Waals surface area contributed by atoms with Gasteiger partial charge in [0.25, 0.3) is 0 Å². The predicted octanol–water partition coefficient (Wildman–Crippen LogP) is 1.97. The van der Waals surface area contributed by atoms with Crippen LogP contribution in [-0.2, 0) is 5.41 Å². The van der Waals surface area contributed by atoms with Crippen LogP contribution in [0, 0.1) is 6.92 Å². The fourth-order valence-electron chi connectivity index (χ4n) is 1.98. The molecule has 0 unspecified atom stereocenters. The Morgan fingerprint density at radius 2 is 1.81 bits per heavy atom. The number of aryl methyl sites for hydroxylation is 1. The molecule has 0 heterocycles. The molecule has 2 N–H and O–H groups in total. The van der Waals surface area contributed by atoms with Crippen LogP contribution < -0.4 is 0 Å². The number of aliphatic hydroxyl groups excluding tert-OH is 2. The topological polar surface area (TPSA) is 40.5 Å². The second kappa shape index (κ2) is 6.28. The summed E-state index contributed by atoms with van der Waals surface area (Å²) in [5.41, 5.74) is 1.70. The van der Waals surface area contributed by atoms with Crippen molar-refractivity contribution >= 4 is 11.8 Å².